The molecule has 4 unspecified atom stereocenters. The first-order valence-corrected chi connectivity index (χ1v) is 20.3. The molecule has 4 aromatic carbocycles. The number of nitrogens with zero attached hydrogens (tertiary/aromatic N) is 1. The summed E-state index contributed by atoms with van der Waals surface area (Å²) in [6.07, 6.45) is -5.06. The Balaban J connectivity index is 1.23. The van der Waals surface area contributed by atoms with Crippen molar-refractivity contribution >= 4 is 18.0 Å². The summed E-state index contributed by atoms with van der Waals surface area (Å²) >= 11 is 0. The van der Waals surface area contributed by atoms with Gasteiger partial charge in [-0.1, -0.05) is 130 Å². The van der Waals surface area contributed by atoms with Gasteiger partial charge in [0, 0.05) is 18.8 Å². The molecule has 12 nitrogen and oxygen atoms in total. The monoisotopic (exact) mass is 808 g/mol. The van der Waals surface area contributed by atoms with Crippen molar-refractivity contribution in [1.82, 2.24) is 10.2 Å². The Hall–Kier alpha value is -5.11. The van der Waals surface area contributed by atoms with Crippen LogP contribution in [0.15, 0.2) is 121 Å². The Labute approximate surface area is 347 Å². The highest BCUT2D eigenvalue weighted by Crippen LogP contribution is 2.38. The molecule has 2 amide bonds. The van der Waals surface area contributed by atoms with Crippen LogP contribution in [-0.2, 0) is 57.7 Å². The molecule has 0 aliphatic carbocycles. The van der Waals surface area contributed by atoms with Crippen molar-refractivity contribution < 1.29 is 47.5 Å². The van der Waals surface area contributed by atoms with Crippen molar-refractivity contribution in [1.29, 1.82) is 0 Å². The molecule has 6 rings (SSSR count). The summed E-state index contributed by atoms with van der Waals surface area (Å²) in [6, 6.07) is 36.8. The third-order valence-electron chi connectivity index (χ3n) is 11.1. The quantitative estimate of drug-likeness (QED) is 0.0897. The molecule has 2 fully saturated rings. The van der Waals surface area contributed by atoms with Crippen molar-refractivity contribution in [3.8, 4) is 0 Å². The highest BCUT2D eigenvalue weighted by molar-refractivity contribution is 5.89. The van der Waals surface area contributed by atoms with Crippen LogP contribution >= 0.6 is 0 Å². The van der Waals surface area contributed by atoms with E-state index in [0.717, 1.165) is 16.7 Å². The maximum absolute atomic E-state index is 13.6. The standard InChI is InChI=1S/C47H56N2O10/c1-31-32(2)43(58-44(51)39-24-16-9-17-25-39)46(57-40(31)29-53-27-37-20-12-7-13-21-37)59-42-33(3)34(4)56-45(41(42)48-35(5)50)55-30-49(26-36-18-10-6-11-19-36)47(52)54-28-38-22-14-8-15-23-38/h6-25,31-34,40-43,45-46H,26-30H2,1-5H3,(H,48,50)/t31-,32-,33+,34?,40?,41?,42-,43?,45+,46-/m0/s1. The Morgan fingerprint density at radius 1 is 0.661 bits per heavy atom. The lowest BCUT2D eigenvalue weighted by Crippen LogP contribution is -2.64. The average Bonchev–Trinajstić information content (AvgIpc) is 3.25. The largest absolute Gasteiger partial charge is 0.453 e. The zero-order chi connectivity index (χ0) is 41.7. The second-order valence-electron chi connectivity index (χ2n) is 15.4. The molecule has 2 saturated heterocycles. The number of benzene rings is 4. The summed E-state index contributed by atoms with van der Waals surface area (Å²) in [4.78, 5) is 41.4. The minimum absolute atomic E-state index is 0.0790. The molecule has 10 atom stereocenters. The van der Waals surface area contributed by atoms with Crippen LogP contribution in [0.1, 0.15) is 61.7 Å². The molecule has 1 N–H and O–H groups in total. The van der Waals surface area contributed by atoms with Crippen LogP contribution in [0.5, 0.6) is 0 Å². The van der Waals surface area contributed by atoms with Gasteiger partial charge < -0.3 is 38.5 Å². The first-order valence-electron chi connectivity index (χ1n) is 20.3. The third kappa shape index (κ3) is 12.0. The molecule has 0 bridgehead atoms. The second kappa shape index (κ2) is 21.2. The van der Waals surface area contributed by atoms with Crippen molar-refractivity contribution in [3.05, 3.63) is 144 Å². The summed E-state index contributed by atoms with van der Waals surface area (Å²) < 4.78 is 44.5. The van der Waals surface area contributed by atoms with Gasteiger partial charge in [0.15, 0.2) is 18.7 Å². The molecule has 59 heavy (non-hydrogen) atoms. The lowest BCUT2D eigenvalue weighted by Gasteiger charge is -2.49. The van der Waals surface area contributed by atoms with Crippen LogP contribution in [0.25, 0.3) is 0 Å². The van der Waals surface area contributed by atoms with Gasteiger partial charge in [0.2, 0.25) is 5.91 Å². The van der Waals surface area contributed by atoms with E-state index in [9.17, 15) is 14.4 Å². The van der Waals surface area contributed by atoms with Gasteiger partial charge in [-0.2, -0.15) is 0 Å². The van der Waals surface area contributed by atoms with E-state index in [1.165, 1.54) is 11.8 Å². The van der Waals surface area contributed by atoms with Gasteiger partial charge in [-0.05, 0) is 41.7 Å². The number of rotatable bonds is 16. The first kappa shape index (κ1) is 43.5. The van der Waals surface area contributed by atoms with E-state index in [4.69, 9.17) is 33.2 Å². The number of carbonyl (C=O) groups excluding carboxylic acids is 3. The average molecular weight is 809 g/mol. The van der Waals surface area contributed by atoms with Crippen LogP contribution in [0.3, 0.4) is 0 Å². The van der Waals surface area contributed by atoms with Crippen molar-refractivity contribution in [2.24, 2.45) is 17.8 Å². The van der Waals surface area contributed by atoms with Crippen molar-refractivity contribution in [2.75, 3.05) is 13.3 Å². The Bertz CT molecular complexity index is 1900. The molecule has 0 spiro atoms. The lowest BCUT2D eigenvalue weighted by molar-refractivity contribution is -0.325. The lowest BCUT2D eigenvalue weighted by atomic mass is 9.83. The fourth-order valence-electron chi connectivity index (χ4n) is 7.36. The number of esters is 1. The van der Waals surface area contributed by atoms with Crippen LogP contribution in [0.2, 0.25) is 0 Å². The molecule has 314 valence electrons. The summed E-state index contributed by atoms with van der Waals surface area (Å²) in [5.74, 6) is -1.42. The zero-order valence-electron chi connectivity index (χ0n) is 34.4. The van der Waals surface area contributed by atoms with E-state index in [2.05, 4.69) is 12.2 Å². The van der Waals surface area contributed by atoms with E-state index < -0.39 is 55.1 Å². The van der Waals surface area contributed by atoms with Crippen LogP contribution in [0.4, 0.5) is 4.79 Å². The van der Waals surface area contributed by atoms with E-state index in [1.54, 1.807) is 24.3 Å². The van der Waals surface area contributed by atoms with Crippen molar-refractivity contribution in [2.45, 2.75) is 97.4 Å². The second-order valence-corrected chi connectivity index (χ2v) is 15.4. The summed E-state index contributed by atoms with van der Waals surface area (Å²) in [5, 5.41) is 3.00. The number of carbonyl (C=O) groups is 3. The molecule has 0 aromatic heterocycles. The fraction of sp³-hybridized carbons (Fsp3) is 0.426. The molecule has 2 aliphatic rings. The predicted molar refractivity (Wildman–Crippen MR) is 219 cm³/mol. The number of hydrogen-bond donors (Lipinski definition) is 1. The number of nitrogens with one attached hydrogen (secondary N) is 1. The smallest absolute Gasteiger partial charge is 0.412 e. The number of hydrogen-bond acceptors (Lipinski definition) is 10. The molecule has 0 radical (unpaired) electrons. The molecule has 2 heterocycles. The molecule has 12 heteroatoms. The van der Waals surface area contributed by atoms with E-state index in [0.29, 0.717) is 12.2 Å². The number of ether oxygens (including phenoxy) is 7. The minimum atomic E-state index is -1.05. The van der Waals surface area contributed by atoms with Crippen molar-refractivity contribution in [3.63, 3.8) is 0 Å². The predicted octanol–water partition coefficient (Wildman–Crippen LogP) is 7.51. The van der Waals surface area contributed by atoms with E-state index >= 15 is 0 Å². The van der Waals surface area contributed by atoms with Gasteiger partial charge in [-0.15, -0.1) is 0 Å². The Morgan fingerprint density at radius 3 is 1.85 bits per heavy atom. The SMILES string of the molecule is CC(=O)NC1[C@H](OCN(Cc2ccccc2)C(=O)OCc2ccccc2)OC(C)[C@@H](C)[C@@H]1O[C@@H]1OC(COCc2ccccc2)[C@@H](C)[C@H](C)C1OC(=O)c1ccccc1. The minimum Gasteiger partial charge on any atom is -0.453 e. The van der Waals surface area contributed by atoms with Gasteiger partial charge in [-0.25, -0.2) is 9.59 Å². The topological polar surface area (TPSA) is 131 Å². The maximum Gasteiger partial charge on any atom is 0.412 e. The van der Waals surface area contributed by atoms with Gasteiger partial charge >= 0.3 is 12.1 Å². The van der Waals surface area contributed by atoms with Gasteiger partial charge in [0.25, 0.3) is 0 Å². The summed E-state index contributed by atoms with van der Waals surface area (Å²) in [5.41, 5.74) is 3.15. The molecule has 4 aromatic rings. The third-order valence-corrected chi connectivity index (χ3v) is 11.1. The van der Waals surface area contributed by atoms with E-state index in [-0.39, 0.29) is 50.2 Å². The Kier molecular flexibility index (Phi) is 15.6. The summed E-state index contributed by atoms with van der Waals surface area (Å²) in [7, 11) is 0. The molecular formula is C47H56N2O10. The maximum atomic E-state index is 13.6. The number of amides is 2. The highest BCUT2D eigenvalue weighted by Gasteiger charge is 2.50. The first-order chi connectivity index (χ1) is 28.6. The van der Waals surface area contributed by atoms with E-state index in [1.807, 2.05) is 118 Å². The van der Waals surface area contributed by atoms with Gasteiger partial charge in [-0.3, -0.25) is 9.69 Å². The van der Waals surface area contributed by atoms with Gasteiger partial charge in [0.05, 0.1) is 43.6 Å². The molecule has 2 aliphatic heterocycles. The molecular weight excluding hydrogens is 753 g/mol. The highest BCUT2D eigenvalue weighted by atomic mass is 16.7. The van der Waals surface area contributed by atoms with Crippen LogP contribution in [0, 0.1) is 17.8 Å². The Morgan fingerprint density at radius 2 is 1.24 bits per heavy atom. The summed E-state index contributed by atoms with van der Waals surface area (Å²) in [6.45, 7) is 10.1. The zero-order valence-corrected chi connectivity index (χ0v) is 34.4. The van der Waals surface area contributed by atoms with Gasteiger partial charge in [0.1, 0.15) is 19.4 Å². The normalized spacial score (nSPS) is 26.7. The van der Waals surface area contributed by atoms with Crippen LogP contribution in [-0.4, -0.2) is 79.2 Å². The fourth-order valence-corrected chi connectivity index (χ4v) is 7.36. The van der Waals surface area contributed by atoms with Crippen LogP contribution < -0.4 is 5.32 Å². The molecule has 0 saturated carbocycles.